The van der Waals surface area contributed by atoms with Crippen molar-refractivity contribution in [2.45, 2.75) is 32.4 Å². The summed E-state index contributed by atoms with van der Waals surface area (Å²) >= 11 is 0. The average Bonchev–Trinajstić information content (AvgIpc) is 2.92. The maximum Gasteiger partial charge on any atom is 0.262 e. The van der Waals surface area contributed by atoms with Crippen LogP contribution in [0.15, 0.2) is 71.8 Å². The summed E-state index contributed by atoms with van der Waals surface area (Å²) in [5, 5.41) is 7.74. The smallest absolute Gasteiger partial charge is 0.262 e. The molecule has 2 aliphatic rings. The number of hydrazone groups is 1. The van der Waals surface area contributed by atoms with E-state index in [9.17, 15) is 4.79 Å². The van der Waals surface area contributed by atoms with Crippen LogP contribution in [0.2, 0.25) is 0 Å². The lowest BCUT2D eigenvalue weighted by Crippen LogP contribution is -2.31. The molecule has 7 nitrogen and oxygen atoms in total. The van der Waals surface area contributed by atoms with Gasteiger partial charge in [-0.15, -0.1) is 0 Å². The van der Waals surface area contributed by atoms with E-state index >= 15 is 0 Å². The van der Waals surface area contributed by atoms with Crippen molar-refractivity contribution >= 4 is 23.0 Å². The highest BCUT2D eigenvalue weighted by Gasteiger charge is 2.24. The number of amides is 1. The fraction of sp³-hybridized carbons (Fsp3) is 0.310. The molecule has 0 bridgehead atoms. The third-order valence-electron chi connectivity index (χ3n) is 6.66. The zero-order chi connectivity index (χ0) is 24.9. The van der Waals surface area contributed by atoms with Gasteiger partial charge < -0.3 is 19.7 Å². The minimum Gasteiger partial charge on any atom is -0.484 e. The number of aryl methyl sites for hydroxylation is 1. The van der Waals surface area contributed by atoms with Crippen molar-refractivity contribution in [2.75, 3.05) is 37.0 Å². The highest BCUT2D eigenvalue weighted by molar-refractivity contribution is 6.15. The number of fused-ring (bicyclic) bond motifs is 1. The summed E-state index contributed by atoms with van der Waals surface area (Å²) in [4.78, 5) is 15.3. The average molecular weight is 485 g/mol. The first-order valence-corrected chi connectivity index (χ1v) is 12.5. The van der Waals surface area contributed by atoms with Crippen molar-refractivity contribution in [3.05, 3.63) is 89.0 Å². The van der Waals surface area contributed by atoms with E-state index in [1.807, 2.05) is 61.5 Å². The second-order valence-corrected chi connectivity index (χ2v) is 9.22. The third-order valence-corrected chi connectivity index (χ3v) is 6.66. The topological polar surface area (TPSA) is 75.2 Å². The number of carbonyl (C=O) groups excluding carboxylic acids is 1. The van der Waals surface area contributed by atoms with E-state index in [0.717, 1.165) is 65.3 Å². The van der Waals surface area contributed by atoms with Crippen molar-refractivity contribution < 1.29 is 14.3 Å². The summed E-state index contributed by atoms with van der Waals surface area (Å²) in [5.41, 5.74) is 9.81. The molecule has 36 heavy (non-hydrogen) atoms. The molecule has 0 aromatic heterocycles. The van der Waals surface area contributed by atoms with Gasteiger partial charge in [0.05, 0.1) is 17.1 Å². The van der Waals surface area contributed by atoms with E-state index in [-0.39, 0.29) is 18.7 Å². The molecular formula is C29H32N4O3. The number of piperidine rings is 1. The lowest BCUT2D eigenvalue weighted by atomic mass is 9.94. The second kappa shape index (κ2) is 10.8. The number of nitrogens with zero attached hydrogens (tertiary/aromatic N) is 2. The first-order chi connectivity index (χ1) is 17.6. The Kier molecular flexibility index (Phi) is 7.18. The van der Waals surface area contributed by atoms with Gasteiger partial charge in [-0.3, -0.25) is 10.2 Å². The van der Waals surface area contributed by atoms with Crippen LogP contribution in [0.25, 0.3) is 0 Å². The Bertz CT molecular complexity index is 1250. The number of carbonyl (C=O) groups is 1. The van der Waals surface area contributed by atoms with E-state index in [1.54, 1.807) is 7.11 Å². The van der Waals surface area contributed by atoms with Crippen LogP contribution in [0, 0.1) is 6.92 Å². The van der Waals surface area contributed by atoms with Crippen molar-refractivity contribution in [3.8, 4) is 5.75 Å². The van der Waals surface area contributed by atoms with E-state index in [4.69, 9.17) is 9.47 Å². The maximum absolute atomic E-state index is 12.9. The molecule has 1 saturated heterocycles. The molecule has 2 heterocycles. The number of hydrogen-bond donors (Lipinski definition) is 2. The quantitative estimate of drug-likeness (QED) is 0.494. The van der Waals surface area contributed by atoms with Crippen molar-refractivity contribution in [3.63, 3.8) is 0 Å². The van der Waals surface area contributed by atoms with Crippen LogP contribution in [0.1, 0.15) is 47.7 Å². The zero-order valence-electron chi connectivity index (χ0n) is 20.8. The van der Waals surface area contributed by atoms with Crippen molar-refractivity contribution in [1.29, 1.82) is 0 Å². The molecule has 186 valence electrons. The van der Waals surface area contributed by atoms with Gasteiger partial charge in [0.15, 0.2) is 12.8 Å². The minimum atomic E-state index is -0.296. The summed E-state index contributed by atoms with van der Waals surface area (Å²) < 4.78 is 11.3. The van der Waals surface area contributed by atoms with Crippen LogP contribution >= 0.6 is 0 Å². The van der Waals surface area contributed by atoms with Gasteiger partial charge in [-0.1, -0.05) is 48.0 Å². The Morgan fingerprint density at radius 3 is 2.61 bits per heavy atom. The van der Waals surface area contributed by atoms with Crippen molar-refractivity contribution in [2.24, 2.45) is 5.10 Å². The summed E-state index contributed by atoms with van der Waals surface area (Å²) in [6.07, 6.45) is 3.23. The lowest BCUT2D eigenvalue weighted by Gasteiger charge is -2.31. The molecule has 2 N–H and O–H groups in total. The van der Waals surface area contributed by atoms with Crippen LogP contribution < -0.4 is 20.4 Å². The molecule has 3 aromatic carbocycles. The van der Waals surface area contributed by atoms with Gasteiger partial charge in [-0.05, 0) is 50.5 Å². The highest BCUT2D eigenvalue weighted by atomic mass is 16.5. The molecule has 1 unspecified atom stereocenters. The highest BCUT2D eigenvalue weighted by Crippen LogP contribution is 2.32. The van der Waals surface area contributed by atoms with E-state index < -0.39 is 0 Å². The fourth-order valence-electron chi connectivity index (χ4n) is 4.76. The number of nitrogens with one attached hydrogen (secondary N) is 2. The summed E-state index contributed by atoms with van der Waals surface area (Å²) in [6.45, 7) is 3.91. The van der Waals surface area contributed by atoms with Crippen LogP contribution in [0.5, 0.6) is 5.75 Å². The van der Waals surface area contributed by atoms with Gasteiger partial charge in [0.2, 0.25) is 0 Å². The minimum absolute atomic E-state index is 0.0619. The molecule has 0 aliphatic carbocycles. The first kappa shape index (κ1) is 23.9. The number of rotatable bonds is 7. The molecule has 5 rings (SSSR count). The van der Waals surface area contributed by atoms with Crippen molar-refractivity contribution in [1.82, 2.24) is 5.43 Å². The molecule has 0 saturated carbocycles. The molecule has 0 spiro atoms. The van der Waals surface area contributed by atoms with Gasteiger partial charge in [-0.2, -0.15) is 5.10 Å². The van der Waals surface area contributed by atoms with Gasteiger partial charge in [0, 0.05) is 36.9 Å². The standard InChI is InChI=1S/C29H32N4O3/c1-20-10-13-22(14-11-20)36-19-27(34)30-25-18-21(12-15-26(25)33-16-6-3-7-17-33)28-23-8-4-5-9-24(23)29(35-2)32-31-28/h4-5,8-15,18,29,32H,3,6-7,16-17,19H2,1-2H3,(H,30,34). The Morgan fingerprint density at radius 1 is 1.06 bits per heavy atom. The molecule has 1 fully saturated rings. The molecule has 1 amide bonds. The Morgan fingerprint density at radius 2 is 1.83 bits per heavy atom. The van der Waals surface area contributed by atoms with Gasteiger partial charge in [0.1, 0.15) is 5.75 Å². The number of methoxy groups -OCH3 is 1. The largest absolute Gasteiger partial charge is 0.484 e. The summed E-state index contributed by atoms with van der Waals surface area (Å²) in [6, 6.07) is 21.9. The zero-order valence-corrected chi connectivity index (χ0v) is 20.8. The molecule has 0 radical (unpaired) electrons. The Labute approximate surface area is 212 Å². The first-order valence-electron chi connectivity index (χ1n) is 12.5. The van der Waals surface area contributed by atoms with Gasteiger partial charge in [0.25, 0.3) is 5.91 Å². The summed E-state index contributed by atoms with van der Waals surface area (Å²) in [7, 11) is 1.66. The molecule has 2 aliphatic heterocycles. The maximum atomic E-state index is 12.9. The number of benzene rings is 3. The number of ether oxygens (including phenoxy) is 2. The molecular weight excluding hydrogens is 452 g/mol. The third kappa shape index (κ3) is 5.21. The molecule has 1 atom stereocenters. The Hall–Kier alpha value is -3.84. The predicted octanol–water partition coefficient (Wildman–Crippen LogP) is 5.00. The van der Waals surface area contributed by atoms with Crippen LogP contribution in [0.3, 0.4) is 0 Å². The number of hydrogen-bond acceptors (Lipinski definition) is 6. The van der Waals surface area contributed by atoms with Gasteiger partial charge in [-0.25, -0.2) is 0 Å². The predicted molar refractivity (Wildman–Crippen MR) is 143 cm³/mol. The van der Waals surface area contributed by atoms with Gasteiger partial charge >= 0.3 is 0 Å². The summed E-state index contributed by atoms with van der Waals surface area (Å²) in [5.74, 6) is 0.474. The molecule has 3 aromatic rings. The normalized spacial score (nSPS) is 17.0. The Balaban J connectivity index is 1.42. The second-order valence-electron chi connectivity index (χ2n) is 9.22. The lowest BCUT2D eigenvalue weighted by molar-refractivity contribution is -0.118. The number of anilines is 2. The fourth-order valence-corrected chi connectivity index (χ4v) is 4.76. The van der Waals surface area contributed by atoms with E-state index in [2.05, 4.69) is 32.9 Å². The van der Waals surface area contributed by atoms with E-state index in [0.29, 0.717) is 5.75 Å². The van der Waals surface area contributed by atoms with E-state index in [1.165, 1.54) is 6.42 Å². The SMILES string of the molecule is COC1NN=C(c2ccc(N3CCCCC3)c(NC(=O)COc3ccc(C)cc3)c2)c2ccccc21. The van der Waals surface area contributed by atoms with Crippen LogP contribution in [-0.4, -0.2) is 38.4 Å². The van der Waals surface area contributed by atoms with Crippen LogP contribution in [-0.2, 0) is 9.53 Å². The monoisotopic (exact) mass is 484 g/mol. The molecule has 7 heteroatoms. The van der Waals surface area contributed by atoms with Crippen LogP contribution in [0.4, 0.5) is 11.4 Å².